The zero-order chi connectivity index (χ0) is 23.8. The summed E-state index contributed by atoms with van der Waals surface area (Å²) in [6.07, 6.45) is 38.2. The quantitative estimate of drug-likeness (QED) is 0.124. The first-order valence-corrected chi connectivity index (χ1v) is 15.5. The lowest BCUT2D eigenvalue weighted by Crippen LogP contribution is -2.39. The van der Waals surface area contributed by atoms with Gasteiger partial charge in [0.2, 0.25) is 0 Å². The molecule has 0 amide bonds. The molecule has 0 bridgehead atoms. The number of nitrogens with zero attached hydrogens (tertiary/aromatic N) is 2. The van der Waals surface area contributed by atoms with Gasteiger partial charge in [-0.1, -0.05) is 143 Å². The molecule has 1 heterocycles. The fourth-order valence-electron chi connectivity index (χ4n) is 5.37. The summed E-state index contributed by atoms with van der Waals surface area (Å²) in [6, 6.07) is 0. The maximum Gasteiger partial charge on any atom is 0.101 e. The molecule has 2 heteroatoms. The summed E-state index contributed by atoms with van der Waals surface area (Å²) in [7, 11) is 0. The normalized spacial score (nSPS) is 15.8. The van der Waals surface area contributed by atoms with E-state index in [2.05, 4.69) is 43.0 Å². The van der Waals surface area contributed by atoms with Crippen LogP contribution in [-0.2, 0) is 0 Å². The van der Waals surface area contributed by atoms with Gasteiger partial charge in [0.25, 0.3) is 0 Å². The minimum atomic E-state index is 0.641. The van der Waals surface area contributed by atoms with E-state index < -0.39 is 0 Å². The molecule has 0 saturated heterocycles. The van der Waals surface area contributed by atoms with E-state index in [0.717, 1.165) is 0 Å². The van der Waals surface area contributed by atoms with Gasteiger partial charge in [-0.05, 0) is 25.7 Å². The van der Waals surface area contributed by atoms with Gasteiger partial charge in [-0.15, -0.1) is 0 Å². The predicted molar refractivity (Wildman–Crippen MR) is 150 cm³/mol. The SMILES string of the molecule is CCCCCCCCCCCCCCCCC1N(CCC)C=CN1CCCCCCCCC. The van der Waals surface area contributed by atoms with Crippen molar-refractivity contribution in [3.05, 3.63) is 12.4 Å². The summed E-state index contributed by atoms with van der Waals surface area (Å²) < 4.78 is 0. The Bertz CT molecular complexity index is 419. The summed E-state index contributed by atoms with van der Waals surface area (Å²) in [5, 5.41) is 0. The van der Waals surface area contributed by atoms with E-state index in [0.29, 0.717) is 6.17 Å². The second kappa shape index (κ2) is 23.1. The Kier molecular flexibility index (Phi) is 21.3. The Morgan fingerprint density at radius 2 is 0.758 bits per heavy atom. The van der Waals surface area contributed by atoms with Crippen LogP contribution in [0.1, 0.15) is 168 Å². The van der Waals surface area contributed by atoms with Crippen molar-refractivity contribution in [3.8, 4) is 0 Å². The van der Waals surface area contributed by atoms with Crippen LogP contribution in [0.2, 0.25) is 0 Å². The minimum absolute atomic E-state index is 0.641. The molecule has 196 valence electrons. The van der Waals surface area contributed by atoms with Crippen molar-refractivity contribution in [2.45, 2.75) is 175 Å². The van der Waals surface area contributed by atoms with Crippen LogP contribution in [0.3, 0.4) is 0 Å². The van der Waals surface area contributed by atoms with Gasteiger partial charge in [0.05, 0.1) is 0 Å². The van der Waals surface area contributed by atoms with Crippen LogP contribution in [0.5, 0.6) is 0 Å². The third-order valence-corrected chi connectivity index (χ3v) is 7.53. The highest BCUT2D eigenvalue weighted by molar-refractivity contribution is 4.96. The highest BCUT2D eigenvalue weighted by Crippen LogP contribution is 2.23. The van der Waals surface area contributed by atoms with Crippen molar-refractivity contribution in [1.82, 2.24) is 9.80 Å². The maximum absolute atomic E-state index is 2.66. The molecule has 0 aromatic rings. The molecule has 1 unspecified atom stereocenters. The minimum Gasteiger partial charge on any atom is -0.356 e. The van der Waals surface area contributed by atoms with Gasteiger partial charge in [-0.3, -0.25) is 0 Å². The molecule has 1 atom stereocenters. The van der Waals surface area contributed by atoms with Crippen molar-refractivity contribution in [2.24, 2.45) is 0 Å². The second-order valence-corrected chi connectivity index (χ2v) is 10.8. The van der Waals surface area contributed by atoms with E-state index in [4.69, 9.17) is 0 Å². The Morgan fingerprint density at radius 3 is 1.18 bits per heavy atom. The number of hydrogen-bond donors (Lipinski definition) is 0. The van der Waals surface area contributed by atoms with Crippen LogP contribution in [-0.4, -0.2) is 29.1 Å². The zero-order valence-electron chi connectivity index (χ0n) is 23.3. The molecule has 0 N–H and O–H groups in total. The molecule has 1 aliphatic heterocycles. The molecule has 2 nitrogen and oxygen atoms in total. The highest BCUT2D eigenvalue weighted by atomic mass is 15.4. The molecular weight excluding hydrogens is 400 g/mol. The van der Waals surface area contributed by atoms with Crippen LogP contribution in [0, 0.1) is 0 Å². The molecular formula is C31H62N2. The molecule has 0 aromatic heterocycles. The van der Waals surface area contributed by atoms with Crippen LogP contribution < -0.4 is 0 Å². The molecule has 0 spiro atoms. The second-order valence-electron chi connectivity index (χ2n) is 10.8. The van der Waals surface area contributed by atoms with Gasteiger partial charge in [-0.2, -0.15) is 0 Å². The van der Waals surface area contributed by atoms with Gasteiger partial charge in [0.15, 0.2) is 0 Å². The number of hydrogen-bond acceptors (Lipinski definition) is 2. The standard InChI is InChI=1S/C31H62N2/c1-4-7-9-11-13-14-15-16-17-18-19-20-22-24-26-31-32(27-6-3)29-30-33(31)28-25-23-21-12-10-8-5-2/h29-31H,4-28H2,1-3H3. The zero-order valence-corrected chi connectivity index (χ0v) is 23.3. The van der Waals surface area contributed by atoms with Crippen LogP contribution in [0.15, 0.2) is 12.4 Å². The van der Waals surface area contributed by atoms with Crippen molar-refractivity contribution in [3.63, 3.8) is 0 Å². The lowest BCUT2D eigenvalue weighted by atomic mass is 10.0. The van der Waals surface area contributed by atoms with Gasteiger partial charge in [-0.25, -0.2) is 0 Å². The van der Waals surface area contributed by atoms with Crippen LogP contribution in [0.25, 0.3) is 0 Å². The van der Waals surface area contributed by atoms with Crippen molar-refractivity contribution >= 4 is 0 Å². The molecule has 0 radical (unpaired) electrons. The van der Waals surface area contributed by atoms with Gasteiger partial charge >= 0.3 is 0 Å². The van der Waals surface area contributed by atoms with Crippen molar-refractivity contribution < 1.29 is 0 Å². The van der Waals surface area contributed by atoms with Crippen LogP contribution in [0.4, 0.5) is 0 Å². The van der Waals surface area contributed by atoms with Crippen molar-refractivity contribution in [2.75, 3.05) is 13.1 Å². The Labute approximate surface area is 210 Å². The first-order chi connectivity index (χ1) is 16.3. The fraction of sp³-hybridized carbons (Fsp3) is 0.935. The highest BCUT2D eigenvalue weighted by Gasteiger charge is 2.24. The first kappa shape index (κ1) is 30.4. The third kappa shape index (κ3) is 16.6. The Balaban J connectivity index is 2.03. The average molecular weight is 463 g/mol. The van der Waals surface area contributed by atoms with E-state index in [-0.39, 0.29) is 0 Å². The first-order valence-electron chi connectivity index (χ1n) is 15.5. The van der Waals surface area contributed by atoms with E-state index >= 15 is 0 Å². The molecule has 0 aromatic carbocycles. The lowest BCUT2D eigenvalue weighted by Gasteiger charge is -2.33. The van der Waals surface area contributed by atoms with E-state index in [1.54, 1.807) is 0 Å². The summed E-state index contributed by atoms with van der Waals surface area (Å²) in [5.41, 5.74) is 0. The monoisotopic (exact) mass is 462 g/mol. The Hall–Kier alpha value is -0.660. The molecule has 33 heavy (non-hydrogen) atoms. The van der Waals surface area contributed by atoms with E-state index in [9.17, 15) is 0 Å². The topological polar surface area (TPSA) is 6.48 Å². The van der Waals surface area contributed by atoms with Gasteiger partial charge < -0.3 is 9.80 Å². The summed E-state index contributed by atoms with van der Waals surface area (Å²) >= 11 is 0. The van der Waals surface area contributed by atoms with Gasteiger partial charge in [0.1, 0.15) is 6.17 Å². The smallest absolute Gasteiger partial charge is 0.101 e. The fourth-order valence-corrected chi connectivity index (χ4v) is 5.37. The summed E-state index contributed by atoms with van der Waals surface area (Å²) in [4.78, 5) is 5.27. The van der Waals surface area contributed by atoms with E-state index in [1.165, 1.54) is 161 Å². The summed E-state index contributed by atoms with van der Waals surface area (Å²) in [5.74, 6) is 0. The van der Waals surface area contributed by atoms with E-state index in [1.807, 2.05) is 0 Å². The lowest BCUT2D eigenvalue weighted by molar-refractivity contribution is 0.137. The van der Waals surface area contributed by atoms with Gasteiger partial charge in [0, 0.05) is 25.5 Å². The third-order valence-electron chi connectivity index (χ3n) is 7.53. The molecule has 0 aliphatic carbocycles. The maximum atomic E-state index is 2.66. The largest absolute Gasteiger partial charge is 0.356 e. The number of unbranched alkanes of at least 4 members (excludes halogenated alkanes) is 19. The van der Waals surface area contributed by atoms with Crippen molar-refractivity contribution in [1.29, 1.82) is 0 Å². The summed E-state index contributed by atoms with van der Waals surface area (Å²) in [6.45, 7) is 9.40. The molecule has 1 aliphatic rings. The number of rotatable bonds is 25. The molecule has 0 fully saturated rings. The molecule has 0 saturated carbocycles. The molecule has 1 rings (SSSR count). The average Bonchev–Trinajstić information content (AvgIpc) is 3.20. The Morgan fingerprint density at radius 1 is 0.394 bits per heavy atom. The van der Waals surface area contributed by atoms with Crippen LogP contribution >= 0.6 is 0 Å². The predicted octanol–water partition coefficient (Wildman–Crippen LogP) is 10.4.